The fraction of sp³-hybridized carbons (Fsp3) is 0. The smallest absolute Gasteiger partial charge is 0.335 e. The average Bonchev–Trinajstić information content (AvgIpc) is 2.93. The van der Waals surface area contributed by atoms with Crippen molar-refractivity contribution in [3.8, 4) is 11.5 Å². The number of carboxylic acid groups (broad SMARTS) is 1. The molecule has 0 aliphatic rings. The molecule has 110 valence electrons. The summed E-state index contributed by atoms with van der Waals surface area (Å²) in [5.41, 5.74) is 5.40. The van der Waals surface area contributed by atoms with Crippen LogP contribution in [0.15, 0.2) is 42.7 Å². The Morgan fingerprint density at radius 2 is 2.05 bits per heavy atom. The number of carbonyl (C=O) groups is 2. The molecule has 0 aliphatic carbocycles. The quantitative estimate of drug-likeness (QED) is 0.770. The monoisotopic (exact) mass is 314 g/mol. The number of aromatic carboxylic acids is 1. The Morgan fingerprint density at radius 3 is 2.77 bits per heavy atom. The third-order valence-electron chi connectivity index (χ3n) is 2.96. The molecule has 2 heterocycles. The van der Waals surface area contributed by atoms with Gasteiger partial charge < -0.3 is 15.6 Å². The predicted molar refractivity (Wildman–Crippen MR) is 81.6 cm³/mol. The number of pyridine rings is 1. The maximum absolute atomic E-state index is 11.3. The van der Waals surface area contributed by atoms with Crippen molar-refractivity contribution < 1.29 is 19.4 Å². The summed E-state index contributed by atoms with van der Waals surface area (Å²) in [5, 5.41) is 9.70. The Kier molecular flexibility index (Phi) is 3.48. The lowest BCUT2D eigenvalue weighted by Gasteiger charge is -2.07. The number of amides is 1. The van der Waals surface area contributed by atoms with Crippen LogP contribution in [0.1, 0.15) is 20.0 Å². The normalized spacial score (nSPS) is 10.5. The topological polar surface area (TPSA) is 103 Å². The minimum Gasteiger partial charge on any atom is -0.478 e. The van der Waals surface area contributed by atoms with Crippen LogP contribution < -0.4 is 10.5 Å². The minimum atomic E-state index is -1.03. The number of carbonyl (C=O) groups excluding carboxylic acids is 1. The van der Waals surface area contributed by atoms with Gasteiger partial charge in [0, 0.05) is 11.6 Å². The summed E-state index contributed by atoms with van der Waals surface area (Å²) < 4.78 is 6.47. The second-order valence-corrected chi connectivity index (χ2v) is 5.54. The van der Waals surface area contributed by atoms with E-state index in [0.717, 1.165) is 4.70 Å². The van der Waals surface area contributed by atoms with Gasteiger partial charge >= 0.3 is 5.97 Å². The molecule has 3 rings (SSSR count). The third kappa shape index (κ3) is 2.61. The van der Waals surface area contributed by atoms with Crippen molar-refractivity contribution in [2.75, 3.05) is 0 Å². The van der Waals surface area contributed by atoms with Crippen molar-refractivity contribution in [3.05, 3.63) is 53.2 Å². The molecule has 0 atom stereocenters. The number of rotatable bonds is 4. The molecule has 0 bridgehead atoms. The first-order valence-electron chi connectivity index (χ1n) is 6.23. The van der Waals surface area contributed by atoms with Crippen molar-refractivity contribution in [2.24, 2.45) is 5.73 Å². The number of hydrogen-bond acceptors (Lipinski definition) is 5. The SMILES string of the molecule is NC(=O)c1cc2c(Oc3cccc(C(=O)O)c3)cncc2s1. The third-order valence-corrected chi connectivity index (χ3v) is 4.05. The van der Waals surface area contributed by atoms with Crippen molar-refractivity contribution in [1.29, 1.82) is 0 Å². The van der Waals surface area contributed by atoms with Crippen molar-refractivity contribution in [3.63, 3.8) is 0 Å². The molecule has 2 aromatic heterocycles. The molecule has 3 aromatic rings. The van der Waals surface area contributed by atoms with Gasteiger partial charge in [-0.25, -0.2) is 4.79 Å². The molecule has 1 aromatic carbocycles. The first-order valence-corrected chi connectivity index (χ1v) is 7.05. The van der Waals surface area contributed by atoms with E-state index >= 15 is 0 Å². The Bertz CT molecular complexity index is 888. The summed E-state index contributed by atoms with van der Waals surface area (Å²) in [7, 11) is 0. The van der Waals surface area contributed by atoms with E-state index in [1.54, 1.807) is 24.4 Å². The van der Waals surface area contributed by atoms with Crippen LogP contribution >= 0.6 is 11.3 Å². The molecule has 22 heavy (non-hydrogen) atoms. The summed E-state index contributed by atoms with van der Waals surface area (Å²) >= 11 is 1.23. The molecule has 0 fully saturated rings. The van der Waals surface area contributed by atoms with Gasteiger partial charge in [0.05, 0.1) is 21.3 Å². The highest BCUT2D eigenvalue weighted by molar-refractivity contribution is 7.20. The summed E-state index contributed by atoms with van der Waals surface area (Å²) in [4.78, 5) is 26.7. The zero-order chi connectivity index (χ0) is 15.7. The van der Waals surface area contributed by atoms with Crippen LogP contribution in [0.4, 0.5) is 0 Å². The van der Waals surface area contributed by atoms with E-state index in [-0.39, 0.29) is 5.56 Å². The van der Waals surface area contributed by atoms with Gasteiger partial charge in [-0.2, -0.15) is 0 Å². The van der Waals surface area contributed by atoms with Crippen LogP contribution in [0.3, 0.4) is 0 Å². The van der Waals surface area contributed by atoms with Crippen LogP contribution in [0.25, 0.3) is 10.1 Å². The first-order chi connectivity index (χ1) is 10.5. The molecule has 3 N–H and O–H groups in total. The van der Waals surface area contributed by atoms with Gasteiger partial charge in [0.1, 0.15) is 5.75 Å². The van der Waals surface area contributed by atoms with Crippen molar-refractivity contribution in [2.45, 2.75) is 0 Å². The molecule has 0 aliphatic heterocycles. The molecule has 0 saturated carbocycles. The van der Waals surface area contributed by atoms with Gasteiger partial charge in [0.25, 0.3) is 5.91 Å². The van der Waals surface area contributed by atoms with E-state index in [1.807, 2.05) is 0 Å². The number of ether oxygens (including phenoxy) is 1. The number of benzene rings is 1. The van der Waals surface area contributed by atoms with Crippen LogP contribution in [0.5, 0.6) is 11.5 Å². The van der Waals surface area contributed by atoms with Gasteiger partial charge in [-0.15, -0.1) is 11.3 Å². The number of fused-ring (bicyclic) bond motifs is 1. The lowest BCUT2D eigenvalue weighted by Crippen LogP contribution is -2.08. The average molecular weight is 314 g/mol. The van der Waals surface area contributed by atoms with Gasteiger partial charge in [-0.1, -0.05) is 6.07 Å². The summed E-state index contributed by atoms with van der Waals surface area (Å²) in [6, 6.07) is 7.77. The summed E-state index contributed by atoms with van der Waals surface area (Å²) in [6.07, 6.45) is 3.13. The van der Waals surface area contributed by atoms with E-state index in [4.69, 9.17) is 15.6 Å². The number of nitrogens with two attached hydrogens (primary N) is 1. The number of nitrogens with zero attached hydrogens (tertiary/aromatic N) is 1. The second kappa shape index (κ2) is 5.45. The second-order valence-electron chi connectivity index (χ2n) is 4.46. The highest BCUT2D eigenvalue weighted by Crippen LogP contribution is 2.34. The van der Waals surface area contributed by atoms with E-state index < -0.39 is 11.9 Å². The van der Waals surface area contributed by atoms with Crippen LogP contribution in [0, 0.1) is 0 Å². The fourth-order valence-electron chi connectivity index (χ4n) is 1.96. The Balaban J connectivity index is 2.02. The molecule has 7 heteroatoms. The molecule has 0 saturated heterocycles. The summed E-state index contributed by atoms with van der Waals surface area (Å²) in [5.74, 6) is -0.738. The van der Waals surface area contributed by atoms with E-state index in [1.165, 1.54) is 29.7 Å². The number of thiophene rings is 1. The van der Waals surface area contributed by atoms with Crippen LogP contribution in [0.2, 0.25) is 0 Å². The fourth-order valence-corrected chi connectivity index (χ4v) is 2.86. The number of hydrogen-bond donors (Lipinski definition) is 2. The maximum Gasteiger partial charge on any atom is 0.335 e. The Hall–Kier alpha value is -2.93. The minimum absolute atomic E-state index is 0.126. The molecular formula is C15H10N2O4S. The van der Waals surface area contributed by atoms with Gasteiger partial charge in [0.2, 0.25) is 0 Å². The molecule has 0 unspecified atom stereocenters. The lowest BCUT2D eigenvalue weighted by atomic mass is 10.2. The predicted octanol–water partition coefficient (Wildman–Crippen LogP) is 2.89. The number of primary amides is 1. The first kappa shape index (κ1) is 14.0. The Labute approximate surface area is 128 Å². The van der Waals surface area contributed by atoms with Crippen molar-refractivity contribution >= 4 is 33.3 Å². The molecule has 1 amide bonds. The van der Waals surface area contributed by atoms with E-state index in [2.05, 4.69) is 4.98 Å². The number of carboxylic acids is 1. The van der Waals surface area contributed by atoms with Gasteiger partial charge in [-0.3, -0.25) is 9.78 Å². The maximum atomic E-state index is 11.3. The highest BCUT2D eigenvalue weighted by Gasteiger charge is 2.12. The largest absolute Gasteiger partial charge is 0.478 e. The van der Waals surface area contributed by atoms with E-state index in [0.29, 0.717) is 21.8 Å². The van der Waals surface area contributed by atoms with Crippen LogP contribution in [-0.2, 0) is 0 Å². The van der Waals surface area contributed by atoms with Crippen LogP contribution in [-0.4, -0.2) is 22.0 Å². The standard InChI is InChI=1S/C15H10N2O4S/c16-14(18)12-5-10-11(6-17-7-13(10)22-12)21-9-3-1-2-8(4-9)15(19)20/h1-7H,(H2,16,18)(H,19,20). The zero-order valence-electron chi connectivity index (χ0n) is 11.1. The lowest BCUT2D eigenvalue weighted by molar-refractivity contribution is 0.0696. The Morgan fingerprint density at radius 1 is 1.23 bits per heavy atom. The highest BCUT2D eigenvalue weighted by atomic mass is 32.1. The molecule has 6 nitrogen and oxygen atoms in total. The molecular weight excluding hydrogens is 304 g/mol. The van der Waals surface area contributed by atoms with Gasteiger partial charge in [-0.05, 0) is 24.3 Å². The van der Waals surface area contributed by atoms with Crippen molar-refractivity contribution in [1.82, 2.24) is 4.98 Å². The van der Waals surface area contributed by atoms with Gasteiger partial charge in [0.15, 0.2) is 5.75 Å². The molecule has 0 radical (unpaired) electrons. The number of aromatic nitrogens is 1. The zero-order valence-corrected chi connectivity index (χ0v) is 12.0. The molecule has 0 spiro atoms. The summed E-state index contributed by atoms with van der Waals surface area (Å²) in [6.45, 7) is 0. The van der Waals surface area contributed by atoms with E-state index in [9.17, 15) is 9.59 Å².